The maximum atomic E-state index is 13.7. The molecule has 0 saturated carbocycles. The first kappa shape index (κ1) is 18.1. The Morgan fingerprint density at radius 1 is 1.12 bits per heavy atom. The van der Waals surface area contributed by atoms with Gasteiger partial charge in [0.1, 0.15) is 17.6 Å². The maximum Gasteiger partial charge on any atom is 0.334 e. The predicted molar refractivity (Wildman–Crippen MR) is 89.3 cm³/mol. The van der Waals surface area contributed by atoms with Gasteiger partial charge in [-0.15, -0.1) is 0 Å². The fraction of sp³-hybridized carbons (Fsp3) is 0.211. The third kappa shape index (κ3) is 4.64. The summed E-state index contributed by atoms with van der Waals surface area (Å²) in [4.78, 5) is 24.6. The Kier molecular flexibility index (Phi) is 5.85. The van der Waals surface area contributed by atoms with E-state index in [1.165, 1.54) is 48.5 Å². The molecule has 25 heavy (non-hydrogen) atoms. The van der Waals surface area contributed by atoms with Gasteiger partial charge in [0.25, 0.3) is 5.91 Å². The zero-order chi connectivity index (χ0) is 18.4. The molecular formula is C19H17FN2O3. The largest absolute Gasteiger partial charge is 0.425 e. The minimum absolute atomic E-state index is 0.140. The van der Waals surface area contributed by atoms with Crippen molar-refractivity contribution in [3.8, 4) is 11.8 Å². The number of carbonyl (C=O) groups excluding carboxylic acids is 2. The van der Waals surface area contributed by atoms with Crippen molar-refractivity contribution in [1.29, 1.82) is 5.26 Å². The number of esters is 1. The Hall–Kier alpha value is -3.20. The second-order valence-corrected chi connectivity index (χ2v) is 5.73. The van der Waals surface area contributed by atoms with Gasteiger partial charge in [0.2, 0.25) is 0 Å². The van der Waals surface area contributed by atoms with E-state index in [-0.39, 0.29) is 17.2 Å². The number of ether oxygens (including phenoxy) is 1. The van der Waals surface area contributed by atoms with Crippen LogP contribution in [0.1, 0.15) is 29.8 Å². The molecule has 0 bridgehead atoms. The third-order valence-electron chi connectivity index (χ3n) is 3.53. The molecule has 1 amide bonds. The van der Waals surface area contributed by atoms with Crippen molar-refractivity contribution in [1.82, 2.24) is 5.32 Å². The summed E-state index contributed by atoms with van der Waals surface area (Å²) in [6, 6.07) is 12.6. The van der Waals surface area contributed by atoms with Gasteiger partial charge in [0.05, 0.1) is 17.2 Å². The number of benzene rings is 2. The molecular weight excluding hydrogens is 323 g/mol. The summed E-state index contributed by atoms with van der Waals surface area (Å²) in [6.45, 7) is 3.48. The van der Waals surface area contributed by atoms with Crippen LogP contribution < -0.4 is 10.1 Å². The molecule has 0 saturated heterocycles. The second-order valence-electron chi connectivity index (χ2n) is 5.73. The van der Waals surface area contributed by atoms with Gasteiger partial charge in [-0.05, 0) is 42.3 Å². The number of nitrogens with one attached hydrogen (secondary N) is 1. The highest BCUT2D eigenvalue weighted by atomic mass is 19.1. The van der Waals surface area contributed by atoms with Crippen LogP contribution in [0.2, 0.25) is 0 Å². The number of amides is 1. The Morgan fingerprint density at radius 3 is 2.32 bits per heavy atom. The molecule has 2 rings (SSSR count). The fourth-order valence-corrected chi connectivity index (χ4v) is 2.14. The number of hydrogen-bond acceptors (Lipinski definition) is 4. The van der Waals surface area contributed by atoms with Crippen LogP contribution in [0.25, 0.3) is 0 Å². The first-order chi connectivity index (χ1) is 11.9. The van der Waals surface area contributed by atoms with Crippen LogP contribution in [0.5, 0.6) is 5.75 Å². The van der Waals surface area contributed by atoms with E-state index in [4.69, 9.17) is 10.00 Å². The van der Waals surface area contributed by atoms with Crippen LogP contribution in [-0.2, 0) is 4.79 Å². The number of hydrogen-bond donors (Lipinski definition) is 1. The molecule has 0 aliphatic heterocycles. The number of nitriles is 1. The topological polar surface area (TPSA) is 79.2 Å². The van der Waals surface area contributed by atoms with Crippen LogP contribution in [0, 0.1) is 23.1 Å². The number of nitrogens with zero attached hydrogens (tertiary/aromatic N) is 1. The molecule has 6 heteroatoms. The lowest BCUT2D eigenvalue weighted by atomic mass is 10.0. The van der Waals surface area contributed by atoms with E-state index in [0.29, 0.717) is 5.56 Å². The maximum absolute atomic E-state index is 13.7. The van der Waals surface area contributed by atoms with Gasteiger partial charge >= 0.3 is 5.97 Å². The van der Waals surface area contributed by atoms with Crippen molar-refractivity contribution in [2.24, 2.45) is 5.92 Å². The summed E-state index contributed by atoms with van der Waals surface area (Å²) in [7, 11) is 0. The summed E-state index contributed by atoms with van der Waals surface area (Å²) in [5.41, 5.74) is 0.299. The van der Waals surface area contributed by atoms with Gasteiger partial charge < -0.3 is 10.1 Å². The lowest BCUT2D eigenvalue weighted by Gasteiger charge is -2.21. The van der Waals surface area contributed by atoms with Crippen molar-refractivity contribution in [3.05, 3.63) is 65.5 Å². The molecule has 128 valence electrons. The average molecular weight is 340 g/mol. The summed E-state index contributed by atoms with van der Waals surface area (Å²) < 4.78 is 19.0. The first-order valence-corrected chi connectivity index (χ1v) is 7.69. The second kappa shape index (κ2) is 8.06. The van der Waals surface area contributed by atoms with E-state index in [0.717, 1.165) is 0 Å². The molecule has 0 fully saturated rings. The molecule has 2 aromatic rings. The molecule has 0 aliphatic rings. The highest BCUT2D eigenvalue weighted by Crippen LogP contribution is 2.15. The van der Waals surface area contributed by atoms with E-state index < -0.39 is 23.7 Å². The summed E-state index contributed by atoms with van der Waals surface area (Å²) in [5, 5.41) is 11.3. The zero-order valence-electron chi connectivity index (χ0n) is 13.8. The molecule has 1 atom stereocenters. The SMILES string of the molecule is CC(C)[C@H](NC(=O)c1ccccc1F)C(=O)Oc1ccc(C#N)cc1. The molecule has 0 radical (unpaired) electrons. The highest BCUT2D eigenvalue weighted by molar-refractivity contribution is 5.97. The van der Waals surface area contributed by atoms with Crippen molar-refractivity contribution in [3.63, 3.8) is 0 Å². The molecule has 0 unspecified atom stereocenters. The van der Waals surface area contributed by atoms with Gasteiger partial charge in [0.15, 0.2) is 0 Å². The minimum atomic E-state index is -0.942. The van der Waals surface area contributed by atoms with Crippen LogP contribution in [0.3, 0.4) is 0 Å². The quantitative estimate of drug-likeness (QED) is 0.670. The standard InChI is InChI=1S/C19H17FN2O3/c1-12(2)17(22-18(23)15-5-3-4-6-16(15)20)19(24)25-14-9-7-13(11-21)8-10-14/h3-10,12,17H,1-2H3,(H,22,23)/t17-/m0/s1. The summed E-state index contributed by atoms with van der Waals surface area (Å²) in [5.74, 6) is -2.02. The van der Waals surface area contributed by atoms with Crippen molar-refractivity contribution < 1.29 is 18.7 Å². The summed E-state index contributed by atoms with van der Waals surface area (Å²) >= 11 is 0. The predicted octanol–water partition coefficient (Wildman–Crippen LogP) is 3.06. The number of rotatable bonds is 5. The smallest absolute Gasteiger partial charge is 0.334 e. The minimum Gasteiger partial charge on any atom is -0.425 e. The lowest BCUT2D eigenvalue weighted by molar-refractivity contribution is -0.137. The fourth-order valence-electron chi connectivity index (χ4n) is 2.14. The monoisotopic (exact) mass is 340 g/mol. The Morgan fingerprint density at radius 2 is 1.76 bits per heavy atom. The Bertz CT molecular complexity index is 810. The van der Waals surface area contributed by atoms with Crippen molar-refractivity contribution in [2.45, 2.75) is 19.9 Å². The molecule has 0 aliphatic carbocycles. The Labute approximate surface area is 145 Å². The van der Waals surface area contributed by atoms with Gasteiger partial charge in [-0.3, -0.25) is 4.79 Å². The van der Waals surface area contributed by atoms with Gasteiger partial charge in [-0.2, -0.15) is 5.26 Å². The van der Waals surface area contributed by atoms with E-state index in [9.17, 15) is 14.0 Å². The first-order valence-electron chi connectivity index (χ1n) is 7.69. The third-order valence-corrected chi connectivity index (χ3v) is 3.53. The average Bonchev–Trinajstić information content (AvgIpc) is 2.60. The van der Waals surface area contributed by atoms with Gasteiger partial charge in [-0.25, -0.2) is 9.18 Å². The van der Waals surface area contributed by atoms with Crippen LogP contribution in [0.15, 0.2) is 48.5 Å². The zero-order valence-corrected chi connectivity index (χ0v) is 13.8. The van der Waals surface area contributed by atoms with Gasteiger partial charge in [0, 0.05) is 0 Å². The van der Waals surface area contributed by atoms with Crippen LogP contribution >= 0.6 is 0 Å². The molecule has 0 aromatic heterocycles. The summed E-state index contributed by atoms with van der Waals surface area (Å²) in [6.07, 6.45) is 0. The van der Waals surface area contributed by atoms with Crippen LogP contribution in [-0.4, -0.2) is 17.9 Å². The molecule has 0 heterocycles. The molecule has 0 spiro atoms. The van der Waals surface area contributed by atoms with E-state index in [1.807, 2.05) is 6.07 Å². The Balaban J connectivity index is 2.11. The van der Waals surface area contributed by atoms with E-state index in [2.05, 4.69) is 5.32 Å². The van der Waals surface area contributed by atoms with E-state index >= 15 is 0 Å². The van der Waals surface area contributed by atoms with Crippen molar-refractivity contribution in [2.75, 3.05) is 0 Å². The van der Waals surface area contributed by atoms with Crippen LogP contribution in [0.4, 0.5) is 4.39 Å². The molecule has 5 nitrogen and oxygen atoms in total. The lowest BCUT2D eigenvalue weighted by Crippen LogP contribution is -2.46. The molecule has 1 N–H and O–H groups in total. The number of halogens is 1. The normalized spacial score (nSPS) is 11.5. The van der Waals surface area contributed by atoms with E-state index in [1.54, 1.807) is 13.8 Å². The highest BCUT2D eigenvalue weighted by Gasteiger charge is 2.27. The van der Waals surface area contributed by atoms with Crippen molar-refractivity contribution >= 4 is 11.9 Å². The molecule has 2 aromatic carbocycles. The van der Waals surface area contributed by atoms with Gasteiger partial charge in [-0.1, -0.05) is 26.0 Å². The number of carbonyl (C=O) groups is 2.